The first-order valence-corrected chi connectivity index (χ1v) is 6.43. The smallest absolute Gasteiger partial charge is 0.0720 e. The summed E-state index contributed by atoms with van der Waals surface area (Å²) in [5, 5.41) is 29.3. The van der Waals surface area contributed by atoms with Crippen molar-refractivity contribution in [2.45, 2.75) is 50.9 Å². The topological polar surface area (TPSA) is 60.7 Å². The van der Waals surface area contributed by atoms with Crippen molar-refractivity contribution in [1.29, 1.82) is 0 Å². The molecule has 0 spiro atoms. The summed E-state index contributed by atoms with van der Waals surface area (Å²) in [6.07, 6.45) is 6.70. The maximum Gasteiger partial charge on any atom is 0.0720 e. The van der Waals surface area contributed by atoms with Gasteiger partial charge in [-0.15, -0.1) is 6.58 Å². The average molecular weight is 240 g/mol. The molecule has 3 N–H and O–H groups in total. The minimum absolute atomic E-state index is 0.0209. The molecule has 5 atom stereocenters. The van der Waals surface area contributed by atoms with Gasteiger partial charge in [0.15, 0.2) is 0 Å². The normalized spacial score (nSPS) is 35.3. The van der Waals surface area contributed by atoms with E-state index in [1.54, 1.807) is 12.2 Å². The zero-order valence-electron chi connectivity index (χ0n) is 10.5. The number of hydrogen-bond donors (Lipinski definition) is 3. The summed E-state index contributed by atoms with van der Waals surface area (Å²) in [5.41, 5.74) is 0. The first-order chi connectivity index (χ1) is 8.10. The highest BCUT2D eigenvalue weighted by Crippen LogP contribution is 2.36. The molecule has 3 nitrogen and oxygen atoms in total. The van der Waals surface area contributed by atoms with Crippen LogP contribution < -0.4 is 0 Å². The number of aliphatic hydroxyl groups excluding tert-OH is 3. The highest BCUT2D eigenvalue weighted by molar-refractivity contribution is 5.05. The second-order valence-corrected chi connectivity index (χ2v) is 4.88. The van der Waals surface area contributed by atoms with Gasteiger partial charge in [0.1, 0.15) is 0 Å². The number of hydrogen-bond acceptors (Lipinski definition) is 3. The largest absolute Gasteiger partial charge is 0.393 e. The summed E-state index contributed by atoms with van der Waals surface area (Å²) < 4.78 is 0. The van der Waals surface area contributed by atoms with E-state index in [9.17, 15) is 15.3 Å². The molecule has 0 heterocycles. The minimum Gasteiger partial charge on any atom is -0.393 e. The fourth-order valence-electron chi connectivity index (χ4n) is 2.55. The third-order valence-electron chi connectivity index (χ3n) is 3.49. The van der Waals surface area contributed by atoms with Gasteiger partial charge in [0, 0.05) is 12.3 Å². The van der Waals surface area contributed by atoms with Gasteiger partial charge in [-0.2, -0.15) is 0 Å². The molecule has 0 aromatic heterocycles. The van der Waals surface area contributed by atoms with Gasteiger partial charge in [0.2, 0.25) is 0 Å². The molecule has 0 aromatic carbocycles. The molecule has 1 fully saturated rings. The Morgan fingerprint density at radius 2 is 2.06 bits per heavy atom. The Balaban J connectivity index is 2.62. The van der Waals surface area contributed by atoms with E-state index in [0.29, 0.717) is 12.8 Å². The third-order valence-corrected chi connectivity index (χ3v) is 3.49. The fourth-order valence-corrected chi connectivity index (χ4v) is 2.55. The fraction of sp³-hybridized carbons (Fsp3) is 0.714. The van der Waals surface area contributed by atoms with Crippen LogP contribution in [0.4, 0.5) is 0 Å². The van der Waals surface area contributed by atoms with Gasteiger partial charge < -0.3 is 15.3 Å². The second kappa shape index (κ2) is 6.94. The van der Waals surface area contributed by atoms with Gasteiger partial charge in [-0.05, 0) is 18.8 Å². The van der Waals surface area contributed by atoms with E-state index in [-0.39, 0.29) is 11.8 Å². The Hall–Kier alpha value is -0.640. The van der Waals surface area contributed by atoms with Crippen LogP contribution in [0.5, 0.6) is 0 Å². The molecule has 98 valence electrons. The molecule has 0 radical (unpaired) electrons. The standard InChI is InChI=1S/C14H24O3/c1-3-5-10(15)7-8-12-11(6-4-2)13(16)9-14(12)17/h4,7-8,10-17H,2-3,5-6,9H2,1H3/b8-7+. The lowest BCUT2D eigenvalue weighted by Crippen LogP contribution is -2.20. The number of allylic oxidation sites excluding steroid dienone is 1. The first kappa shape index (κ1) is 14.4. The van der Waals surface area contributed by atoms with Gasteiger partial charge in [-0.3, -0.25) is 0 Å². The Labute approximate surface area is 103 Å². The molecule has 17 heavy (non-hydrogen) atoms. The number of rotatable bonds is 6. The van der Waals surface area contributed by atoms with Crippen LogP contribution in [0.25, 0.3) is 0 Å². The van der Waals surface area contributed by atoms with Gasteiger partial charge in [0.05, 0.1) is 18.3 Å². The zero-order valence-corrected chi connectivity index (χ0v) is 10.5. The van der Waals surface area contributed by atoms with Gasteiger partial charge in [0.25, 0.3) is 0 Å². The van der Waals surface area contributed by atoms with Crippen molar-refractivity contribution in [2.24, 2.45) is 11.8 Å². The monoisotopic (exact) mass is 240 g/mol. The molecular formula is C14H24O3. The summed E-state index contributed by atoms with van der Waals surface area (Å²) in [4.78, 5) is 0. The lowest BCUT2D eigenvalue weighted by atomic mass is 9.90. The summed E-state index contributed by atoms with van der Waals surface area (Å²) in [6.45, 7) is 5.70. The van der Waals surface area contributed by atoms with E-state index < -0.39 is 18.3 Å². The van der Waals surface area contributed by atoms with Gasteiger partial charge in [-0.25, -0.2) is 0 Å². The summed E-state index contributed by atoms with van der Waals surface area (Å²) in [5.74, 6) is -0.0536. The summed E-state index contributed by atoms with van der Waals surface area (Å²) in [6, 6.07) is 0. The van der Waals surface area contributed by atoms with Crippen molar-refractivity contribution in [3.05, 3.63) is 24.8 Å². The SMILES string of the molecule is C=CCC1C(O)CC(O)C1/C=C/C(O)CCC. The van der Waals surface area contributed by atoms with Crippen LogP contribution in [-0.4, -0.2) is 33.6 Å². The molecule has 0 aromatic rings. The zero-order chi connectivity index (χ0) is 12.8. The van der Waals surface area contributed by atoms with Crippen LogP contribution in [0.3, 0.4) is 0 Å². The second-order valence-electron chi connectivity index (χ2n) is 4.88. The van der Waals surface area contributed by atoms with Crippen molar-refractivity contribution in [3.63, 3.8) is 0 Å². The average Bonchev–Trinajstić information content (AvgIpc) is 2.53. The molecule has 3 heteroatoms. The molecule has 0 aliphatic heterocycles. The Morgan fingerprint density at radius 3 is 2.65 bits per heavy atom. The van der Waals surface area contributed by atoms with E-state index in [1.165, 1.54) is 0 Å². The van der Waals surface area contributed by atoms with Gasteiger partial charge >= 0.3 is 0 Å². The Bertz CT molecular complexity index is 262. The highest BCUT2D eigenvalue weighted by atomic mass is 16.3. The van der Waals surface area contributed by atoms with E-state index in [0.717, 1.165) is 12.8 Å². The highest BCUT2D eigenvalue weighted by Gasteiger charge is 2.39. The maximum atomic E-state index is 9.87. The summed E-state index contributed by atoms with van der Waals surface area (Å²) in [7, 11) is 0. The predicted molar refractivity (Wildman–Crippen MR) is 68.5 cm³/mol. The molecule has 1 saturated carbocycles. The molecule has 0 amide bonds. The van der Waals surface area contributed by atoms with Crippen LogP contribution >= 0.6 is 0 Å². The first-order valence-electron chi connectivity index (χ1n) is 6.43. The third kappa shape index (κ3) is 3.95. The molecular weight excluding hydrogens is 216 g/mol. The van der Waals surface area contributed by atoms with Crippen LogP contribution in [0.2, 0.25) is 0 Å². The van der Waals surface area contributed by atoms with Crippen molar-refractivity contribution < 1.29 is 15.3 Å². The van der Waals surface area contributed by atoms with Crippen LogP contribution in [-0.2, 0) is 0 Å². The maximum absolute atomic E-state index is 9.87. The molecule has 1 aliphatic carbocycles. The lowest BCUT2D eigenvalue weighted by Gasteiger charge is -2.19. The van der Waals surface area contributed by atoms with E-state index in [1.807, 2.05) is 13.0 Å². The lowest BCUT2D eigenvalue weighted by molar-refractivity contribution is 0.120. The Kier molecular flexibility index (Phi) is 5.89. The molecule has 0 saturated heterocycles. The van der Waals surface area contributed by atoms with Crippen molar-refractivity contribution in [2.75, 3.05) is 0 Å². The van der Waals surface area contributed by atoms with Crippen molar-refractivity contribution >= 4 is 0 Å². The minimum atomic E-state index is -0.514. The van der Waals surface area contributed by atoms with E-state index in [4.69, 9.17) is 0 Å². The predicted octanol–water partition coefficient (Wildman–Crippen LogP) is 1.64. The van der Waals surface area contributed by atoms with Crippen molar-refractivity contribution in [3.8, 4) is 0 Å². The molecule has 1 rings (SSSR count). The van der Waals surface area contributed by atoms with Gasteiger partial charge in [-0.1, -0.05) is 31.6 Å². The summed E-state index contributed by atoms with van der Waals surface area (Å²) >= 11 is 0. The molecule has 5 unspecified atom stereocenters. The van der Waals surface area contributed by atoms with Crippen LogP contribution in [0, 0.1) is 11.8 Å². The quantitative estimate of drug-likeness (QED) is 0.618. The van der Waals surface area contributed by atoms with Crippen molar-refractivity contribution in [1.82, 2.24) is 0 Å². The Morgan fingerprint density at radius 1 is 1.35 bits per heavy atom. The molecule has 0 bridgehead atoms. The van der Waals surface area contributed by atoms with E-state index in [2.05, 4.69) is 6.58 Å². The van der Waals surface area contributed by atoms with Crippen LogP contribution in [0.15, 0.2) is 24.8 Å². The van der Waals surface area contributed by atoms with Crippen LogP contribution in [0.1, 0.15) is 32.6 Å². The van der Waals surface area contributed by atoms with E-state index >= 15 is 0 Å². The molecule has 1 aliphatic rings. The number of aliphatic hydroxyl groups is 3.